The lowest BCUT2D eigenvalue weighted by Gasteiger charge is -2.18. The molecule has 0 bridgehead atoms. The number of benzene rings is 2. The van der Waals surface area contributed by atoms with E-state index in [1.54, 1.807) is 6.07 Å². The van der Waals surface area contributed by atoms with Gasteiger partial charge in [0.15, 0.2) is 0 Å². The van der Waals surface area contributed by atoms with Crippen molar-refractivity contribution < 1.29 is 9.13 Å². The molecule has 1 N–H and O–H groups in total. The van der Waals surface area contributed by atoms with Crippen molar-refractivity contribution in [1.29, 1.82) is 0 Å². The van der Waals surface area contributed by atoms with E-state index in [1.165, 1.54) is 6.07 Å². The Morgan fingerprint density at radius 1 is 1.14 bits per heavy atom. The van der Waals surface area contributed by atoms with Crippen LogP contribution in [0.2, 0.25) is 0 Å². The summed E-state index contributed by atoms with van der Waals surface area (Å²) in [4.78, 5) is 0. The monoisotopic (exact) mass is 287 g/mol. The number of hydrogen-bond donors (Lipinski definition) is 1. The first kappa shape index (κ1) is 15.4. The Balaban J connectivity index is 2.08. The van der Waals surface area contributed by atoms with Crippen molar-refractivity contribution in [2.75, 3.05) is 11.9 Å². The standard InChI is InChI=1S/C18H22FNO/c1-4-12-21-16-10-8-15(9-11-16)14(3)20-18-13(2)6-5-7-17(18)19/h5-11,14,20H,4,12H2,1-3H3. The minimum atomic E-state index is -0.218. The van der Waals surface area contributed by atoms with Crippen LogP contribution in [0, 0.1) is 12.7 Å². The first-order valence-electron chi connectivity index (χ1n) is 7.36. The minimum absolute atomic E-state index is 0.0285. The van der Waals surface area contributed by atoms with E-state index in [1.807, 2.05) is 44.2 Å². The molecule has 0 aromatic heterocycles. The van der Waals surface area contributed by atoms with Crippen LogP contribution in [-0.4, -0.2) is 6.61 Å². The van der Waals surface area contributed by atoms with E-state index in [2.05, 4.69) is 12.2 Å². The quantitative estimate of drug-likeness (QED) is 0.798. The zero-order valence-electron chi connectivity index (χ0n) is 12.8. The van der Waals surface area contributed by atoms with Crippen molar-refractivity contribution >= 4 is 5.69 Å². The molecule has 0 aliphatic rings. The second-order valence-electron chi connectivity index (χ2n) is 5.22. The van der Waals surface area contributed by atoms with E-state index in [9.17, 15) is 4.39 Å². The van der Waals surface area contributed by atoms with Crippen molar-refractivity contribution in [2.45, 2.75) is 33.2 Å². The van der Waals surface area contributed by atoms with Crippen molar-refractivity contribution in [2.24, 2.45) is 0 Å². The van der Waals surface area contributed by atoms with E-state index in [4.69, 9.17) is 4.74 Å². The van der Waals surface area contributed by atoms with Gasteiger partial charge in [-0.25, -0.2) is 4.39 Å². The molecule has 2 nitrogen and oxygen atoms in total. The molecule has 0 aliphatic carbocycles. The highest BCUT2D eigenvalue weighted by Gasteiger charge is 2.10. The van der Waals surface area contributed by atoms with Crippen LogP contribution in [0.3, 0.4) is 0 Å². The average molecular weight is 287 g/mol. The second kappa shape index (κ2) is 7.11. The van der Waals surface area contributed by atoms with E-state index in [0.29, 0.717) is 5.69 Å². The molecule has 0 saturated heterocycles. The number of halogens is 1. The number of nitrogens with one attached hydrogen (secondary N) is 1. The van der Waals surface area contributed by atoms with Crippen LogP contribution >= 0.6 is 0 Å². The van der Waals surface area contributed by atoms with Gasteiger partial charge in [-0.3, -0.25) is 0 Å². The molecule has 112 valence electrons. The number of rotatable bonds is 6. The fourth-order valence-corrected chi connectivity index (χ4v) is 2.19. The highest BCUT2D eigenvalue weighted by Crippen LogP contribution is 2.25. The highest BCUT2D eigenvalue weighted by molar-refractivity contribution is 5.53. The van der Waals surface area contributed by atoms with Gasteiger partial charge in [-0.05, 0) is 49.6 Å². The topological polar surface area (TPSA) is 21.3 Å². The van der Waals surface area contributed by atoms with Gasteiger partial charge < -0.3 is 10.1 Å². The Bertz CT molecular complexity index is 560. The van der Waals surface area contributed by atoms with Gasteiger partial charge >= 0.3 is 0 Å². The van der Waals surface area contributed by atoms with Crippen LogP contribution in [-0.2, 0) is 0 Å². The summed E-state index contributed by atoms with van der Waals surface area (Å²) in [6.45, 7) is 6.73. The van der Waals surface area contributed by atoms with Crippen LogP contribution in [0.15, 0.2) is 42.5 Å². The molecule has 3 heteroatoms. The fourth-order valence-electron chi connectivity index (χ4n) is 2.19. The Hall–Kier alpha value is -2.03. The SMILES string of the molecule is CCCOc1ccc(C(C)Nc2c(C)cccc2F)cc1. The number of hydrogen-bond acceptors (Lipinski definition) is 2. The van der Waals surface area contributed by atoms with Crippen molar-refractivity contribution in [3.8, 4) is 5.75 Å². The number of anilines is 1. The van der Waals surface area contributed by atoms with Gasteiger partial charge in [0.1, 0.15) is 11.6 Å². The van der Waals surface area contributed by atoms with Crippen LogP contribution in [0.1, 0.15) is 37.4 Å². The molecule has 2 aromatic carbocycles. The molecule has 0 spiro atoms. The molecular weight excluding hydrogens is 265 g/mol. The zero-order chi connectivity index (χ0) is 15.2. The molecule has 21 heavy (non-hydrogen) atoms. The van der Waals surface area contributed by atoms with Crippen molar-refractivity contribution in [3.05, 3.63) is 59.4 Å². The summed E-state index contributed by atoms with van der Waals surface area (Å²) in [5, 5.41) is 3.24. The maximum Gasteiger partial charge on any atom is 0.146 e. The molecule has 0 radical (unpaired) electrons. The lowest BCUT2D eigenvalue weighted by Crippen LogP contribution is -2.09. The van der Waals surface area contributed by atoms with E-state index < -0.39 is 0 Å². The normalized spacial score (nSPS) is 12.0. The number of para-hydroxylation sites is 1. The maximum absolute atomic E-state index is 13.8. The third-order valence-corrected chi connectivity index (χ3v) is 3.44. The molecule has 2 rings (SSSR count). The molecule has 0 heterocycles. The summed E-state index contributed by atoms with van der Waals surface area (Å²) in [6.07, 6.45) is 0.992. The Morgan fingerprint density at radius 3 is 2.48 bits per heavy atom. The molecule has 0 amide bonds. The van der Waals surface area contributed by atoms with Crippen molar-refractivity contribution in [3.63, 3.8) is 0 Å². The summed E-state index contributed by atoms with van der Waals surface area (Å²) in [5.74, 6) is 0.652. The molecule has 1 atom stereocenters. The predicted molar refractivity (Wildman–Crippen MR) is 85.4 cm³/mol. The molecule has 0 fully saturated rings. The van der Waals surface area contributed by atoms with Gasteiger partial charge in [0.25, 0.3) is 0 Å². The third-order valence-electron chi connectivity index (χ3n) is 3.44. The number of ether oxygens (including phenoxy) is 1. The van der Waals surface area contributed by atoms with Crippen molar-refractivity contribution in [1.82, 2.24) is 0 Å². The predicted octanol–water partition coefficient (Wildman–Crippen LogP) is 5.10. The number of aryl methyl sites for hydroxylation is 1. The van der Waals surface area contributed by atoms with E-state index in [-0.39, 0.29) is 11.9 Å². The smallest absolute Gasteiger partial charge is 0.146 e. The van der Waals surface area contributed by atoms with Crippen LogP contribution in [0.25, 0.3) is 0 Å². The van der Waals surface area contributed by atoms with Gasteiger partial charge in [0.05, 0.1) is 12.3 Å². The maximum atomic E-state index is 13.8. The zero-order valence-corrected chi connectivity index (χ0v) is 12.8. The highest BCUT2D eigenvalue weighted by atomic mass is 19.1. The summed E-state index contributed by atoms with van der Waals surface area (Å²) in [6, 6.07) is 13.1. The first-order chi connectivity index (χ1) is 10.1. The van der Waals surface area contributed by atoms with E-state index in [0.717, 1.165) is 29.9 Å². The van der Waals surface area contributed by atoms with Crippen LogP contribution < -0.4 is 10.1 Å². The average Bonchev–Trinajstić information content (AvgIpc) is 2.49. The van der Waals surface area contributed by atoms with Crippen LogP contribution in [0.5, 0.6) is 5.75 Å². The molecule has 2 aromatic rings. The van der Waals surface area contributed by atoms with Gasteiger partial charge in [-0.2, -0.15) is 0 Å². The van der Waals surface area contributed by atoms with Gasteiger partial charge in [-0.1, -0.05) is 31.2 Å². The van der Waals surface area contributed by atoms with E-state index >= 15 is 0 Å². The minimum Gasteiger partial charge on any atom is -0.494 e. The molecule has 0 aliphatic heterocycles. The largest absolute Gasteiger partial charge is 0.494 e. The summed E-state index contributed by atoms with van der Waals surface area (Å²) < 4.78 is 19.4. The third kappa shape index (κ3) is 3.97. The Morgan fingerprint density at radius 2 is 1.86 bits per heavy atom. The van der Waals surface area contributed by atoms with Gasteiger partial charge in [0.2, 0.25) is 0 Å². The molecule has 0 saturated carbocycles. The summed E-state index contributed by atoms with van der Waals surface area (Å²) in [5.41, 5.74) is 2.57. The fraction of sp³-hybridized carbons (Fsp3) is 0.333. The lowest BCUT2D eigenvalue weighted by molar-refractivity contribution is 0.317. The summed E-state index contributed by atoms with van der Waals surface area (Å²) in [7, 11) is 0. The molecular formula is C18H22FNO. The molecule has 1 unspecified atom stereocenters. The first-order valence-corrected chi connectivity index (χ1v) is 7.36. The van der Waals surface area contributed by atoms with Crippen LogP contribution in [0.4, 0.5) is 10.1 Å². The Labute approximate surface area is 126 Å². The Kier molecular flexibility index (Phi) is 5.20. The lowest BCUT2D eigenvalue weighted by atomic mass is 10.1. The second-order valence-corrected chi connectivity index (χ2v) is 5.22. The van der Waals surface area contributed by atoms with Gasteiger partial charge in [-0.15, -0.1) is 0 Å². The van der Waals surface area contributed by atoms with Gasteiger partial charge in [0, 0.05) is 6.04 Å². The summed E-state index contributed by atoms with van der Waals surface area (Å²) >= 11 is 0.